The molecule has 0 saturated heterocycles. The van der Waals surface area contributed by atoms with Gasteiger partial charge >= 0.3 is 12.4 Å². The van der Waals surface area contributed by atoms with Crippen molar-refractivity contribution in [3.05, 3.63) is 294 Å². The molecule has 0 atom stereocenters. The van der Waals surface area contributed by atoms with Crippen LogP contribution in [0.3, 0.4) is 0 Å². The molecule has 5 aliphatic heterocycles. The first kappa shape index (κ1) is 79.3. The van der Waals surface area contributed by atoms with E-state index in [1.54, 1.807) is 0 Å². The first-order chi connectivity index (χ1) is 51.9. The molecular weight excluding hydrogens is 1550 g/mol. The van der Waals surface area contributed by atoms with E-state index in [1.807, 2.05) is 0 Å². The number of ether oxygens (including phenoxy) is 5. The van der Waals surface area contributed by atoms with Crippen molar-refractivity contribution in [1.29, 1.82) is 0 Å². The number of anilines is 5. The Morgan fingerprint density at radius 1 is 0.236 bits per heavy atom. The van der Waals surface area contributed by atoms with Gasteiger partial charge in [-0.05, 0) is 60.7 Å². The highest BCUT2D eigenvalue weighted by atomic mass is 19.4. The smallest absolute Gasteiger partial charge is 0.416 e. The van der Waals surface area contributed by atoms with E-state index in [0.29, 0.717) is 24.3 Å². The normalized spacial score (nSPS) is 14.1. The standard InChI is InChI=1S/2C15H9F6NO.C14H7F6NO.2C14H8F5NO/c2*16-11-5-12-10(13(17)14(11)18)6-22(7-23-12)9-3-1-2-8(4-9)15(19,20)21;15-6-1-9(17)14(10(18)2-6)21-4-7-11(22-5-21)3-8(16)13(20)12(7)19;15-7-1-2-11(9(16)3-7)20-5-8-12(21-6-20)4-10(17)14(19)13(8)18;15-9-2-1-7(3-10(9)16)20-5-8-12(21-6-20)4-11(17)14(19)13(8)18/h2*1-5H,6-7H2;1-3H,4-5H2;2*1-4H,5-6H2. The summed E-state index contributed by atoms with van der Waals surface area (Å²) in [5.74, 6) is -30.2. The van der Waals surface area contributed by atoms with Crippen LogP contribution in [0.1, 0.15) is 38.9 Å². The van der Waals surface area contributed by atoms with E-state index >= 15 is 0 Å². The van der Waals surface area contributed by atoms with Crippen molar-refractivity contribution in [3.8, 4) is 28.7 Å². The van der Waals surface area contributed by atoms with Crippen LogP contribution in [0, 0.1) is 128 Å². The Morgan fingerprint density at radius 2 is 0.536 bits per heavy atom. The molecule has 0 bridgehead atoms. The molecule has 0 N–H and O–H groups in total. The van der Waals surface area contributed by atoms with Gasteiger partial charge in [-0.1, -0.05) is 12.1 Å². The average Bonchev–Trinajstić information content (AvgIpc) is 0.801. The molecule has 0 aliphatic carbocycles. The number of rotatable bonds is 5. The van der Waals surface area contributed by atoms with Crippen LogP contribution in [0.5, 0.6) is 28.7 Å². The molecule has 5 heterocycles. The average molecular weight is 1590 g/mol. The fraction of sp³-hybridized carbons (Fsp3) is 0.167. The molecule has 10 nitrogen and oxygen atoms in total. The maximum absolute atomic E-state index is 13.8. The van der Waals surface area contributed by atoms with E-state index in [2.05, 4.69) is 0 Å². The predicted molar refractivity (Wildman–Crippen MR) is 332 cm³/mol. The number of alkyl halides is 6. The minimum absolute atomic E-state index is 0.0221. The largest absolute Gasteiger partial charge is 0.473 e. The Balaban J connectivity index is 0.000000136. The van der Waals surface area contributed by atoms with Crippen molar-refractivity contribution < 1.29 is 147 Å². The van der Waals surface area contributed by atoms with Crippen molar-refractivity contribution in [2.45, 2.75) is 45.1 Å². The third-order valence-corrected chi connectivity index (χ3v) is 16.6. The molecule has 38 heteroatoms. The zero-order valence-electron chi connectivity index (χ0n) is 54.6. The summed E-state index contributed by atoms with van der Waals surface area (Å²) >= 11 is 0. The lowest BCUT2D eigenvalue weighted by Gasteiger charge is -2.31. The molecule has 0 radical (unpaired) electrons. The van der Waals surface area contributed by atoms with E-state index in [0.717, 1.165) is 77.7 Å². The lowest BCUT2D eigenvalue weighted by atomic mass is 10.1. The van der Waals surface area contributed by atoms with Crippen LogP contribution in [-0.4, -0.2) is 33.7 Å². The number of fused-ring (bicyclic) bond motifs is 5. The summed E-state index contributed by atoms with van der Waals surface area (Å²) in [4.78, 5) is 6.10. The molecular formula is C72H41F28N5O5. The topological polar surface area (TPSA) is 62.3 Å². The molecule has 0 unspecified atom stereocenters. The first-order valence-electron chi connectivity index (χ1n) is 31.0. The van der Waals surface area contributed by atoms with Crippen molar-refractivity contribution in [1.82, 2.24) is 0 Å². The van der Waals surface area contributed by atoms with Gasteiger partial charge in [-0.2, -0.15) is 26.3 Å². The summed E-state index contributed by atoms with van der Waals surface area (Å²) in [7, 11) is 0. The summed E-state index contributed by atoms with van der Waals surface area (Å²) < 4.78 is 395. The van der Waals surface area contributed by atoms with Crippen LogP contribution < -0.4 is 48.2 Å². The highest BCUT2D eigenvalue weighted by Crippen LogP contribution is 2.42. The first-order valence-corrected chi connectivity index (χ1v) is 31.0. The monoisotopic (exact) mass is 1590 g/mol. The summed E-state index contributed by atoms with van der Waals surface area (Å²) in [6.45, 7) is -2.47. The molecule has 0 aromatic heterocycles. The van der Waals surface area contributed by atoms with Crippen LogP contribution >= 0.6 is 0 Å². The zero-order chi connectivity index (χ0) is 79.9. The van der Waals surface area contributed by atoms with Gasteiger partial charge in [0.2, 0.25) is 0 Å². The van der Waals surface area contributed by atoms with Gasteiger partial charge in [0.15, 0.2) is 144 Å². The minimum Gasteiger partial charge on any atom is -0.473 e. The van der Waals surface area contributed by atoms with E-state index in [1.165, 1.54) is 49.9 Å². The van der Waals surface area contributed by atoms with Gasteiger partial charge < -0.3 is 48.2 Å². The molecule has 15 rings (SSSR count). The van der Waals surface area contributed by atoms with Gasteiger partial charge in [-0.25, -0.2) is 96.6 Å². The Hall–Kier alpha value is -11.8. The Morgan fingerprint density at radius 3 is 0.864 bits per heavy atom. The lowest BCUT2D eigenvalue weighted by Crippen LogP contribution is -2.34. The van der Waals surface area contributed by atoms with E-state index in [4.69, 9.17) is 23.7 Å². The van der Waals surface area contributed by atoms with Crippen LogP contribution in [0.25, 0.3) is 0 Å². The molecule has 110 heavy (non-hydrogen) atoms. The second-order valence-corrected chi connectivity index (χ2v) is 23.7. The van der Waals surface area contributed by atoms with Crippen LogP contribution in [-0.2, 0) is 45.1 Å². The number of hydrogen-bond donors (Lipinski definition) is 0. The zero-order valence-corrected chi connectivity index (χ0v) is 54.6. The van der Waals surface area contributed by atoms with Gasteiger partial charge in [0.25, 0.3) is 0 Å². The fourth-order valence-electron chi connectivity index (χ4n) is 11.2. The Kier molecular flexibility index (Phi) is 22.9. The van der Waals surface area contributed by atoms with Crippen molar-refractivity contribution in [2.75, 3.05) is 58.2 Å². The summed E-state index contributed by atoms with van der Waals surface area (Å²) in [6, 6.07) is 19.2. The van der Waals surface area contributed by atoms with Gasteiger partial charge in [0.05, 0.1) is 77.4 Å². The summed E-state index contributed by atoms with van der Waals surface area (Å²) in [5.41, 5.74) is -3.16. The van der Waals surface area contributed by atoms with Gasteiger partial charge in [0.1, 0.15) is 51.9 Å². The third kappa shape index (κ3) is 16.9. The Labute approximate surface area is 599 Å². The maximum Gasteiger partial charge on any atom is 0.416 e. The number of nitrogens with zero attached hydrogens (tertiary/aromatic N) is 5. The lowest BCUT2D eigenvalue weighted by molar-refractivity contribution is -0.138. The second-order valence-electron chi connectivity index (χ2n) is 23.7. The highest BCUT2D eigenvalue weighted by Gasteiger charge is 2.36. The summed E-state index contributed by atoms with van der Waals surface area (Å²) in [5, 5.41) is 0. The Bertz CT molecular complexity index is 5040. The summed E-state index contributed by atoms with van der Waals surface area (Å²) in [6.07, 6.45) is -9.05. The van der Waals surface area contributed by atoms with E-state index in [-0.39, 0.29) is 132 Å². The van der Waals surface area contributed by atoms with Gasteiger partial charge in [0, 0.05) is 71.7 Å². The third-order valence-electron chi connectivity index (χ3n) is 16.6. The maximum atomic E-state index is 13.8. The number of benzene rings is 10. The molecule has 10 aromatic rings. The molecule has 5 aliphatic rings. The molecule has 0 amide bonds. The van der Waals surface area contributed by atoms with E-state index < -0.39 is 170 Å². The van der Waals surface area contributed by atoms with Crippen molar-refractivity contribution in [2.24, 2.45) is 0 Å². The van der Waals surface area contributed by atoms with Crippen molar-refractivity contribution in [3.63, 3.8) is 0 Å². The van der Waals surface area contributed by atoms with Crippen LogP contribution in [0.2, 0.25) is 0 Å². The number of hydrogen-bond acceptors (Lipinski definition) is 10. The molecule has 10 aromatic carbocycles. The van der Waals surface area contributed by atoms with Gasteiger partial charge in [-0.3, -0.25) is 0 Å². The number of halogens is 28. The SMILES string of the molecule is Fc1cc(F)c(N2COc3cc(F)c(F)c(F)c3C2)c(F)c1.Fc1cc2c(c(F)c1F)CN(c1cccc(C(F)(F)F)c1)CO2.Fc1cc2c(c(F)c1F)CN(c1cccc(C(F)(F)F)c1)CO2.Fc1ccc(N2COc3cc(F)c(F)c(F)c3C2)c(F)c1.Fc1ccc(N2COc3cc(F)c(F)c(F)c3C2)cc1F. The predicted octanol–water partition coefficient (Wildman–Crippen LogP) is 20.3. The molecule has 0 fully saturated rings. The van der Waals surface area contributed by atoms with E-state index in [9.17, 15) is 123 Å². The minimum atomic E-state index is -4.52. The fourth-order valence-corrected chi connectivity index (χ4v) is 11.2. The molecule has 0 spiro atoms. The molecule has 580 valence electrons. The van der Waals surface area contributed by atoms with Gasteiger partial charge in [-0.15, -0.1) is 0 Å². The van der Waals surface area contributed by atoms with Crippen molar-refractivity contribution >= 4 is 28.4 Å². The highest BCUT2D eigenvalue weighted by molar-refractivity contribution is 5.57. The quantitative estimate of drug-likeness (QED) is 0.123. The molecule has 0 saturated carbocycles. The van der Waals surface area contributed by atoms with Crippen LogP contribution in [0.15, 0.2) is 127 Å². The van der Waals surface area contributed by atoms with Crippen LogP contribution in [0.4, 0.5) is 151 Å². The second kappa shape index (κ2) is 31.8.